The van der Waals surface area contributed by atoms with E-state index in [9.17, 15) is 9.59 Å². The van der Waals surface area contributed by atoms with Gasteiger partial charge in [-0.2, -0.15) is 0 Å². The molecule has 0 aromatic heterocycles. The molecule has 3 atom stereocenters. The molecule has 3 unspecified atom stereocenters. The van der Waals surface area contributed by atoms with E-state index in [4.69, 9.17) is 0 Å². The largest absolute Gasteiger partial charge is 0.325 e. The fraction of sp³-hybridized carbons (Fsp3) is 0.619. The van der Waals surface area contributed by atoms with Crippen LogP contribution in [0.15, 0.2) is 18.2 Å². The Morgan fingerprint density at radius 3 is 2.48 bits per heavy atom. The Balaban J connectivity index is 0.00000261. The number of carbonyl (C=O) groups excluding carboxylic acids is 2. The van der Waals surface area contributed by atoms with Crippen molar-refractivity contribution in [3.8, 4) is 0 Å². The van der Waals surface area contributed by atoms with Crippen molar-refractivity contribution in [1.29, 1.82) is 0 Å². The fourth-order valence-corrected chi connectivity index (χ4v) is 3.89. The number of nitrogens with one attached hydrogen (secondary N) is 3. The maximum absolute atomic E-state index is 12.7. The number of halogens is 1. The summed E-state index contributed by atoms with van der Waals surface area (Å²) in [5, 5.41) is 9.50. The van der Waals surface area contributed by atoms with Gasteiger partial charge in [-0.15, -0.1) is 12.4 Å². The first-order chi connectivity index (χ1) is 12.2. The number of benzene rings is 1. The molecular formula is C21H32ClN3O2. The molecule has 2 amide bonds. The topological polar surface area (TPSA) is 70.2 Å². The molecular weight excluding hydrogens is 362 g/mol. The predicted octanol–water partition coefficient (Wildman–Crippen LogP) is 4.26. The van der Waals surface area contributed by atoms with E-state index in [1.165, 1.54) is 25.7 Å². The van der Waals surface area contributed by atoms with Crippen LogP contribution >= 0.6 is 12.4 Å². The van der Waals surface area contributed by atoms with Crippen LogP contribution in [0.25, 0.3) is 0 Å². The second-order valence-corrected chi connectivity index (χ2v) is 8.83. The molecule has 0 spiro atoms. The number of rotatable bonds is 3. The Kier molecular flexibility index (Phi) is 6.92. The number of aryl methyl sites for hydroxylation is 1. The Hall–Kier alpha value is -1.59. The molecule has 3 N–H and O–H groups in total. The summed E-state index contributed by atoms with van der Waals surface area (Å²) < 4.78 is 0. The summed E-state index contributed by atoms with van der Waals surface area (Å²) in [6.07, 6.45) is 5.89. The first-order valence-corrected chi connectivity index (χ1v) is 9.73. The van der Waals surface area contributed by atoms with Crippen LogP contribution in [0.5, 0.6) is 0 Å². The summed E-state index contributed by atoms with van der Waals surface area (Å²) in [4.78, 5) is 24.9. The summed E-state index contributed by atoms with van der Waals surface area (Å²) in [5.74, 6) is 0.626. The minimum atomic E-state index is -0.463. The lowest BCUT2D eigenvalue weighted by Gasteiger charge is -2.24. The minimum Gasteiger partial charge on any atom is -0.325 e. The lowest BCUT2D eigenvalue weighted by molar-refractivity contribution is -0.123. The first kappa shape index (κ1) is 21.7. The normalized spacial score (nSPS) is 24.5. The van der Waals surface area contributed by atoms with E-state index < -0.39 is 5.41 Å². The molecule has 1 aromatic rings. The zero-order valence-corrected chi connectivity index (χ0v) is 17.5. The fourth-order valence-electron chi connectivity index (χ4n) is 3.89. The Morgan fingerprint density at radius 1 is 1.11 bits per heavy atom. The third-order valence-electron chi connectivity index (χ3n) is 5.61. The Labute approximate surface area is 168 Å². The molecule has 2 aliphatic rings. The van der Waals surface area contributed by atoms with Gasteiger partial charge in [0.15, 0.2) is 0 Å². The SMILES string of the molecule is Cc1ccc(NC(=O)C2CC3CCCCC3N2)cc1NC(=O)C(C)(C)C.Cl. The lowest BCUT2D eigenvalue weighted by atomic mass is 9.85. The van der Waals surface area contributed by atoms with Crippen LogP contribution in [0.1, 0.15) is 58.4 Å². The Bertz CT molecular complexity index is 685. The number of fused-ring (bicyclic) bond motifs is 1. The van der Waals surface area contributed by atoms with Crippen molar-refractivity contribution >= 4 is 35.6 Å². The molecule has 2 fully saturated rings. The van der Waals surface area contributed by atoms with Gasteiger partial charge >= 0.3 is 0 Å². The van der Waals surface area contributed by atoms with Crippen molar-refractivity contribution < 1.29 is 9.59 Å². The van der Waals surface area contributed by atoms with Crippen molar-refractivity contribution in [3.63, 3.8) is 0 Å². The van der Waals surface area contributed by atoms with Crippen molar-refractivity contribution in [2.24, 2.45) is 11.3 Å². The van der Waals surface area contributed by atoms with Gasteiger partial charge in [0, 0.05) is 22.8 Å². The molecule has 5 nitrogen and oxygen atoms in total. The van der Waals surface area contributed by atoms with Crippen molar-refractivity contribution in [2.45, 2.75) is 71.9 Å². The predicted molar refractivity (Wildman–Crippen MR) is 112 cm³/mol. The van der Waals surface area contributed by atoms with Crippen LogP contribution in [0.2, 0.25) is 0 Å². The summed E-state index contributed by atoms with van der Waals surface area (Å²) in [7, 11) is 0. The number of amides is 2. The molecule has 1 saturated carbocycles. The van der Waals surface area contributed by atoms with Crippen LogP contribution in [-0.4, -0.2) is 23.9 Å². The first-order valence-electron chi connectivity index (χ1n) is 9.73. The quantitative estimate of drug-likeness (QED) is 0.718. The average Bonchev–Trinajstić information content (AvgIpc) is 3.01. The Morgan fingerprint density at radius 2 is 1.81 bits per heavy atom. The van der Waals surface area contributed by atoms with E-state index in [1.54, 1.807) is 0 Å². The van der Waals surface area contributed by atoms with E-state index in [1.807, 2.05) is 45.9 Å². The maximum Gasteiger partial charge on any atom is 0.241 e. The van der Waals surface area contributed by atoms with E-state index >= 15 is 0 Å². The van der Waals surface area contributed by atoms with Gasteiger partial charge in [0.25, 0.3) is 0 Å². The van der Waals surface area contributed by atoms with Gasteiger partial charge in [-0.3, -0.25) is 9.59 Å². The molecule has 1 heterocycles. The third-order valence-corrected chi connectivity index (χ3v) is 5.61. The molecule has 150 valence electrons. The highest BCUT2D eigenvalue weighted by Crippen LogP contribution is 2.33. The van der Waals surface area contributed by atoms with Gasteiger partial charge in [-0.05, 0) is 49.8 Å². The summed E-state index contributed by atoms with van der Waals surface area (Å²) in [5.41, 5.74) is 1.98. The molecule has 0 bridgehead atoms. The maximum atomic E-state index is 12.7. The second-order valence-electron chi connectivity index (χ2n) is 8.83. The van der Waals surface area contributed by atoms with Gasteiger partial charge in [-0.25, -0.2) is 0 Å². The second kappa shape index (κ2) is 8.61. The zero-order chi connectivity index (χ0) is 18.9. The summed E-state index contributed by atoms with van der Waals surface area (Å²) in [6, 6.07) is 6.05. The monoisotopic (exact) mass is 393 g/mol. The standard InChI is InChI=1S/C21H31N3O2.ClH/c1-13-9-10-15(12-17(13)24-20(26)21(2,3)4)22-19(25)18-11-14-7-5-6-8-16(14)23-18;/h9-10,12,14,16,18,23H,5-8,11H2,1-4H3,(H,22,25)(H,24,26);1H. The van der Waals surface area contributed by atoms with Crippen LogP contribution in [0.3, 0.4) is 0 Å². The molecule has 1 aromatic carbocycles. The van der Waals surface area contributed by atoms with Crippen molar-refractivity contribution in [3.05, 3.63) is 23.8 Å². The highest BCUT2D eigenvalue weighted by Gasteiger charge is 2.38. The average molecular weight is 394 g/mol. The number of hydrogen-bond acceptors (Lipinski definition) is 3. The highest BCUT2D eigenvalue weighted by molar-refractivity contribution is 5.98. The molecule has 1 aliphatic heterocycles. The number of carbonyl (C=O) groups is 2. The van der Waals surface area contributed by atoms with Gasteiger partial charge in [0.05, 0.1) is 6.04 Å². The van der Waals surface area contributed by atoms with Gasteiger partial charge in [-0.1, -0.05) is 39.7 Å². The van der Waals surface area contributed by atoms with Crippen LogP contribution in [0, 0.1) is 18.3 Å². The lowest BCUT2D eigenvalue weighted by Crippen LogP contribution is -2.39. The van der Waals surface area contributed by atoms with E-state index in [2.05, 4.69) is 16.0 Å². The molecule has 0 radical (unpaired) electrons. The number of anilines is 2. The van der Waals surface area contributed by atoms with Crippen LogP contribution in [-0.2, 0) is 9.59 Å². The van der Waals surface area contributed by atoms with E-state index in [-0.39, 0.29) is 30.3 Å². The summed E-state index contributed by atoms with van der Waals surface area (Å²) >= 11 is 0. The highest BCUT2D eigenvalue weighted by atomic mass is 35.5. The van der Waals surface area contributed by atoms with Crippen molar-refractivity contribution in [2.75, 3.05) is 10.6 Å². The van der Waals surface area contributed by atoms with E-state index in [0.717, 1.165) is 23.4 Å². The van der Waals surface area contributed by atoms with Crippen molar-refractivity contribution in [1.82, 2.24) is 5.32 Å². The van der Waals surface area contributed by atoms with Gasteiger partial charge in [0.1, 0.15) is 0 Å². The molecule has 1 saturated heterocycles. The molecule has 3 rings (SSSR count). The minimum absolute atomic E-state index is 0. The smallest absolute Gasteiger partial charge is 0.241 e. The van der Waals surface area contributed by atoms with Crippen LogP contribution in [0.4, 0.5) is 11.4 Å². The third kappa shape index (κ3) is 5.23. The molecule has 6 heteroatoms. The van der Waals surface area contributed by atoms with Gasteiger partial charge in [0.2, 0.25) is 11.8 Å². The number of hydrogen-bond donors (Lipinski definition) is 3. The van der Waals surface area contributed by atoms with Crippen LogP contribution < -0.4 is 16.0 Å². The molecule has 1 aliphatic carbocycles. The van der Waals surface area contributed by atoms with Gasteiger partial charge < -0.3 is 16.0 Å². The summed E-state index contributed by atoms with van der Waals surface area (Å²) in [6.45, 7) is 7.60. The molecule has 27 heavy (non-hydrogen) atoms. The zero-order valence-electron chi connectivity index (χ0n) is 16.7. The van der Waals surface area contributed by atoms with E-state index in [0.29, 0.717) is 12.0 Å².